The van der Waals surface area contributed by atoms with Crippen molar-refractivity contribution >= 4 is 29.1 Å². The molecule has 0 spiro atoms. The number of pyridine rings is 1. The van der Waals surface area contributed by atoms with Gasteiger partial charge in [-0.3, -0.25) is 9.80 Å². The number of hydrogen-bond acceptors (Lipinski definition) is 6. The van der Waals surface area contributed by atoms with E-state index in [4.69, 9.17) is 16.6 Å². The van der Waals surface area contributed by atoms with E-state index >= 15 is 0 Å². The number of aromatic nitrogens is 1. The smallest absolute Gasteiger partial charge is 0.209 e. The second-order valence-corrected chi connectivity index (χ2v) is 10.4. The quantitative estimate of drug-likeness (QED) is 0.537. The second-order valence-electron chi connectivity index (χ2n) is 9.96. The molecule has 2 fully saturated rings. The molecule has 1 aromatic heterocycles. The van der Waals surface area contributed by atoms with Gasteiger partial charge in [-0.25, -0.2) is 4.98 Å². The summed E-state index contributed by atoms with van der Waals surface area (Å²) in [5, 5.41) is 0.805. The van der Waals surface area contributed by atoms with Gasteiger partial charge in [0.2, 0.25) is 5.96 Å². The number of piperidine rings is 1. The Morgan fingerprint density at radius 2 is 1.86 bits per heavy atom. The average molecular weight is 493 g/mol. The van der Waals surface area contributed by atoms with E-state index < -0.39 is 0 Å². The maximum absolute atomic E-state index is 6.06. The number of guanidine groups is 1. The molecule has 0 saturated carbocycles. The number of nitrogens with zero attached hydrogens (tertiary/aromatic N) is 6. The summed E-state index contributed by atoms with van der Waals surface area (Å²) in [5.74, 6) is 1.81. The molecule has 3 aliphatic heterocycles. The Kier molecular flexibility index (Phi) is 7.42. The van der Waals surface area contributed by atoms with E-state index in [1.54, 1.807) is 0 Å². The highest BCUT2D eigenvalue weighted by atomic mass is 35.5. The van der Waals surface area contributed by atoms with Crippen molar-refractivity contribution in [2.75, 3.05) is 32.8 Å². The lowest BCUT2D eigenvalue weighted by Gasteiger charge is -2.39. The molecule has 35 heavy (non-hydrogen) atoms. The molecular formula is C28H37ClN6. The van der Waals surface area contributed by atoms with Gasteiger partial charge in [-0.2, -0.15) is 4.99 Å². The van der Waals surface area contributed by atoms with E-state index in [0.717, 1.165) is 80.3 Å². The number of fused-ring (bicyclic) bond motifs is 1. The zero-order chi connectivity index (χ0) is 24.4. The molecule has 4 heterocycles. The van der Waals surface area contributed by atoms with Crippen LogP contribution in [-0.4, -0.2) is 75.5 Å². The van der Waals surface area contributed by atoms with Gasteiger partial charge in [0.15, 0.2) is 5.82 Å². The van der Waals surface area contributed by atoms with Crippen molar-refractivity contribution in [2.24, 2.45) is 4.99 Å². The van der Waals surface area contributed by atoms with Crippen molar-refractivity contribution in [3.8, 4) is 0 Å². The van der Waals surface area contributed by atoms with E-state index in [2.05, 4.69) is 63.2 Å². The van der Waals surface area contributed by atoms with Crippen molar-refractivity contribution in [2.45, 2.75) is 58.2 Å². The van der Waals surface area contributed by atoms with E-state index in [9.17, 15) is 0 Å². The van der Waals surface area contributed by atoms with Crippen LogP contribution in [0.2, 0.25) is 5.02 Å². The molecular weight excluding hydrogens is 456 g/mol. The molecule has 5 rings (SSSR count). The Morgan fingerprint density at radius 1 is 1.09 bits per heavy atom. The number of likely N-dealkylation sites (tertiary alicyclic amines) is 1. The molecule has 3 aliphatic rings. The van der Waals surface area contributed by atoms with Gasteiger partial charge in [0.25, 0.3) is 0 Å². The monoisotopic (exact) mass is 492 g/mol. The summed E-state index contributed by atoms with van der Waals surface area (Å²) in [4.78, 5) is 19.7. The lowest BCUT2D eigenvalue weighted by molar-refractivity contribution is 0.0899. The molecule has 0 radical (unpaired) electrons. The first-order valence-electron chi connectivity index (χ1n) is 13.0. The van der Waals surface area contributed by atoms with Gasteiger partial charge in [-0.1, -0.05) is 44.2 Å². The minimum Gasteiger partial charge on any atom is -0.328 e. The van der Waals surface area contributed by atoms with Gasteiger partial charge >= 0.3 is 0 Å². The Hall–Kier alpha value is -2.41. The molecule has 0 aliphatic carbocycles. The molecule has 186 valence electrons. The number of aliphatic imine (C=N–C) groups is 1. The summed E-state index contributed by atoms with van der Waals surface area (Å²) in [6.07, 6.45) is 6.44. The zero-order valence-corrected chi connectivity index (χ0v) is 21.8. The van der Waals surface area contributed by atoms with Crippen LogP contribution in [0.15, 0.2) is 54.2 Å². The third-order valence-electron chi connectivity index (χ3n) is 7.65. The van der Waals surface area contributed by atoms with Crippen LogP contribution < -0.4 is 0 Å². The average Bonchev–Trinajstić information content (AvgIpc) is 3.32. The third kappa shape index (κ3) is 5.11. The number of hydrogen-bond donors (Lipinski definition) is 0. The molecule has 0 bridgehead atoms. The minimum absolute atomic E-state index is 0.549. The summed E-state index contributed by atoms with van der Waals surface area (Å²) < 4.78 is 0. The Morgan fingerprint density at radius 3 is 2.57 bits per heavy atom. The predicted molar refractivity (Wildman–Crippen MR) is 145 cm³/mol. The van der Waals surface area contributed by atoms with E-state index in [0.29, 0.717) is 12.1 Å². The second kappa shape index (κ2) is 10.7. The molecule has 2 aromatic rings. The van der Waals surface area contributed by atoms with Crippen LogP contribution in [0.4, 0.5) is 5.82 Å². The van der Waals surface area contributed by atoms with E-state index in [1.807, 2.05) is 24.4 Å². The molecule has 1 aromatic carbocycles. The van der Waals surface area contributed by atoms with E-state index in [-0.39, 0.29) is 0 Å². The van der Waals surface area contributed by atoms with Crippen LogP contribution in [0.25, 0.3) is 5.70 Å². The molecule has 2 saturated heterocycles. The Bertz CT molecular complexity index is 1060. The summed E-state index contributed by atoms with van der Waals surface area (Å²) >= 11 is 6.06. The summed E-state index contributed by atoms with van der Waals surface area (Å²) in [7, 11) is 0. The first-order chi connectivity index (χ1) is 17.1. The highest BCUT2D eigenvalue weighted by Gasteiger charge is 2.39. The standard InChI is InChI=1S/C28H37ClN6/c1-4-15-34-21(3)26-7-6-14-30-27(26)31-28(34)33-19-24(5-2)35(20-33)25-12-16-32(17-13-25)18-22-8-10-23(29)11-9-22/h6-11,14,24-25H,3-5,12-13,15-20H2,1-2H3/t24-/m0/s1. The van der Waals surface area contributed by atoms with E-state index in [1.165, 1.54) is 18.4 Å². The minimum atomic E-state index is 0.549. The van der Waals surface area contributed by atoms with Crippen molar-refractivity contribution in [1.82, 2.24) is 24.6 Å². The lowest BCUT2D eigenvalue weighted by Crippen LogP contribution is -2.48. The fraction of sp³-hybridized carbons (Fsp3) is 0.500. The number of rotatable bonds is 6. The van der Waals surface area contributed by atoms with Crippen molar-refractivity contribution in [3.05, 3.63) is 65.3 Å². The zero-order valence-electron chi connectivity index (χ0n) is 21.0. The van der Waals surface area contributed by atoms with Gasteiger partial charge in [0.05, 0.1) is 6.67 Å². The summed E-state index contributed by atoms with van der Waals surface area (Å²) in [5.41, 5.74) is 3.40. The number of benzene rings is 1. The highest BCUT2D eigenvalue weighted by Crippen LogP contribution is 2.34. The molecule has 0 N–H and O–H groups in total. The third-order valence-corrected chi connectivity index (χ3v) is 7.90. The first-order valence-corrected chi connectivity index (χ1v) is 13.4. The van der Waals surface area contributed by atoms with Crippen LogP contribution >= 0.6 is 11.6 Å². The predicted octanol–water partition coefficient (Wildman–Crippen LogP) is 5.44. The summed E-state index contributed by atoms with van der Waals surface area (Å²) in [6, 6.07) is 13.5. The Balaban J connectivity index is 1.27. The van der Waals surface area contributed by atoms with Crippen molar-refractivity contribution in [1.29, 1.82) is 0 Å². The van der Waals surface area contributed by atoms with Crippen LogP contribution in [0.5, 0.6) is 0 Å². The fourth-order valence-corrected chi connectivity index (χ4v) is 5.87. The molecule has 1 atom stereocenters. The highest BCUT2D eigenvalue weighted by molar-refractivity contribution is 6.30. The topological polar surface area (TPSA) is 38.2 Å². The maximum atomic E-state index is 6.06. The van der Waals surface area contributed by atoms with Gasteiger partial charge in [0.1, 0.15) is 0 Å². The molecule has 0 unspecified atom stereocenters. The first kappa shape index (κ1) is 24.3. The van der Waals surface area contributed by atoms with Gasteiger partial charge < -0.3 is 9.80 Å². The lowest BCUT2D eigenvalue weighted by atomic mass is 10.0. The SMILES string of the molecule is C=C1c2cccnc2N=C(N2C[C@H](CC)N(C3CCN(Cc4ccc(Cl)cc4)CC3)C2)N1CCC. The van der Waals surface area contributed by atoms with Gasteiger partial charge in [-0.05, 0) is 68.6 Å². The molecule has 7 heteroatoms. The molecule has 0 amide bonds. The van der Waals surface area contributed by atoms with Gasteiger partial charge in [0, 0.05) is 54.2 Å². The molecule has 6 nitrogen and oxygen atoms in total. The van der Waals surface area contributed by atoms with Gasteiger partial charge in [-0.15, -0.1) is 0 Å². The summed E-state index contributed by atoms with van der Waals surface area (Å²) in [6.45, 7) is 15.1. The largest absolute Gasteiger partial charge is 0.328 e. The van der Waals surface area contributed by atoms with Crippen molar-refractivity contribution < 1.29 is 0 Å². The van der Waals surface area contributed by atoms with Crippen LogP contribution in [-0.2, 0) is 6.54 Å². The fourth-order valence-electron chi connectivity index (χ4n) is 5.74. The van der Waals surface area contributed by atoms with Crippen molar-refractivity contribution in [3.63, 3.8) is 0 Å². The van der Waals surface area contributed by atoms with Crippen LogP contribution in [0.1, 0.15) is 50.7 Å². The van der Waals surface area contributed by atoms with Crippen LogP contribution in [0.3, 0.4) is 0 Å². The normalized spacial score (nSPS) is 22.0. The number of halogens is 1. The maximum Gasteiger partial charge on any atom is 0.209 e. The van der Waals surface area contributed by atoms with Crippen LogP contribution in [0, 0.1) is 0 Å². The Labute approximate surface area is 214 Å².